The molecule has 2 aromatic rings. The van der Waals surface area contributed by atoms with Crippen LogP contribution in [0.15, 0.2) is 48.7 Å². The molecule has 2 rings (SSSR count). The molecular weight excluding hydrogens is 269 g/mol. The smallest absolute Gasteiger partial charge is 0.204 e. The van der Waals surface area contributed by atoms with E-state index in [0.29, 0.717) is 15.7 Å². The predicted octanol–water partition coefficient (Wildman–Crippen LogP) is 4.28. The lowest BCUT2D eigenvalue weighted by Gasteiger charge is -1.97. The Bertz CT molecular complexity index is 594. The Morgan fingerprint density at radius 2 is 1.94 bits per heavy atom. The number of aromatic nitrogens is 1. The topological polar surface area (TPSA) is 30.0 Å². The second-order valence-corrected chi connectivity index (χ2v) is 4.40. The summed E-state index contributed by atoms with van der Waals surface area (Å²) in [5.41, 5.74) is 1.22. The fourth-order valence-corrected chi connectivity index (χ4v) is 1.69. The van der Waals surface area contributed by atoms with E-state index in [1.807, 2.05) is 0 Å². The van der Waals surface area contributed by atoms with Gasteiger partial charge in [-0.25, -0.2) is 0 Å². The molecule has 4 heteroatoms. The number of allylic oxidation sites excluding steroid dienone is 1. The molecule has 0 unspecified atom stereocenters. The highest BCUT2D eigenvalue weighted by atomic mass is 35.5. The quantitative estimate of drug-likeness (QED) is 0.619. The van der Waals surface area contributed by atoms with E-state index in [0.717, 1.165) is 5.56 Å². The van der Waals surface area contributed by atoms with E-state index < -0.39 is 0 Å². The van der Waals surface area contributed by atoms with Gasteiger partial charge in [0, 0.05) is 6.20 Å². The number of nitrogens with zero attached hydrogens (tertiary/aromatic N) is 1. The third-order valence-corrected chi connectivity index (χ3v) is 3.03. The van der Waals surface area contributed by atoms with Crippen LogP contribution in [0, 0.1) is 0 Å². The van der Waals surface area contributed by atoms with Gasteiger partial charge in [0.05, 0.1) is 10.0 Å². The monoisotopic (exact) mass is 277 g/mol. The third-order valence-electron chi connectivity index (χ3n) is 2.29. The van der Waals surface area contributed by atoms with E-state index >= 15 is 0 Å². The van der Waals surface area contributed by atoms with Crippen molar-refractivity contribution in [1.82, 2.24) is 4.98 Å². The van der Waals surface area contributed by atoms with Crippen molar-refractivity contribution >= 4 is 35.1 Å². The van der Waals surface area contributed by atoms with Gasteiger partial charge in [-0.2, -0.15) is 0 Å². The van der Waals surface area contributed by atoms with Gasteiger partial charge in [0.25, 0.3) is 0 Å². The third kappa shape index (κ3) is 3.19. The number of halogens is 2. The Labute approximate surface area is 115 Å². The number of carbonyl (C=O) groups excluding carboxylic acids is 1. The van der Waals surface area contributed by atoms with Crippen molar-refractivity contribution in [2.45, 2.75) is 0 Å². The lowest BCUT2D eigenvalue weighted by atomic mass is 10.1. The standard InChI is InChI=1S/C14H9Cl2NO/c15-11-6-4-10(9-12(11)16)5-7-14(18)13-3-1-2-8-17-13/h1-9H. The molecule has 0 aliphatic rings. The Morgan fingerprint density at radius 1 is 1.11 bits per heavy atom. The number of benzene rings is 1. The van der Waals surface area contributed by atoms with Gasteiger partial charge in [-0.3, -0.25) is 9.78 Å². The normalized spacial score (nSPS) is 10.8. The summed E-state index contributed by atoms with van der Waals surface area (Å²) in [6, 6.07) is 10.4. The molecule has 1 aromatic carbocycles. The maximum Gasteiger partial charge on any atom is 0.204 e. The van der Waals surface area contributed by atoms with Crippen molar-refractivity contribution in [2.24, 2.45) is 0 Å². The van der Waals surface area contributed by atoms with E-state index in [4.69, 9.17) is 23.2 Å². The van der Waals surface area contributed by atoms with Gasteiger partial charge >= 0.3 is 0 Å². The predicted molar refractivity (Wildman–Crippen MR) is 74.1 cm³/mol. The summed E-state index contributed by atoms with van der Waals surface area (Å²) in [6.07, 6.45) is 4.72. The van der Waals surface area contributed by atoms with Gasteiger partial charge in [0.1, 0.15) is 5.69 Å². The molecule has 0 fully saturated rings. The van der Waals surface area contributed by atoms with Crippen molar-refractivity contribution in [3.63, 3.8) is 0 Å². The number of hydrogen-bond donors (Lipinski definition) is 0. The van der Waals surface area contributed by atoms with Crippen molar-refractivity contribution in [3.8, 4) is 0 Å². The molecule has 0 aliphatic heterocycles. The lowest BCUT2D eigenvalue weighted by molar-refractivity contribution is 0.104. The number of rotatable bonds is 3. The molecule has 1 heterocycles. The van der Waals surface area contributed by atoms with Crippen molar-refractivity contribution < 1.29 is 4.79 Å². The molecule has 2 nitrogen and oxygen atoms in total. The van der Waals surface area contributed by atoms with Crippen LogP contribution in [0.5, 0.6) is 0 Å². The van der Waals surface area contributed by atoms with E-state index in [1.165, 1.54) is 6.08 Å². The van der Waals surface area contributed by atoms with E-state index in [1.54, 1.807) is 48.7 Å². The van der Waals surface area contributed by atoms with Gasteiger partial charge in [-0.05, 0) is 35.9 Å². The first-order chi connectivity index (χ1) is 8.66. The Hall–Kier alpha value is -1.64. The highest BCUT2D eigenvalue weighted by Gasteiger charge is 2.02. The molecule has 0 bridgehead atoms. The number of ketones is 1. The molecule has 0 saturated heterocycles. The summed E-state index contributed by atoms with van der Waals surface area (Å²) in [5.74, 6) is -0.151. The zero-order chi connectivity index (χ0) is 13.0. The van der Waals surface area contributed by atoms with Crippen molar-refractivity contribution in [1.29, 1.82) is 0 Å². The minimum atomic E-state index is -0.151. The first kappa shape index (κ1) is 12.8. The van der Waals surface area contributed by atoms with Crippen molar-refractivity contribution in [2.75, 3.05) is 0 Å². The Morgan fingerprint density at radius 3 is 2.61 bits per heavy atom. The molecule has 0 amide bonds. The van der Waals surface area contributed by atoms with Crippen LogP contribution in [0.2, 0.25) is 10.0 Å². The first-order valence-corrected chi connectivity index (χ1v) is 6.01. The lowest BCUT2D eigenvalue weighted by Crippen LogP contribution is -1.96. The number of carbonyl (C=O) groups is 1. The first-order valence-electron chi connectivity index (χ1n) is 5.25. The Balaban J connectivity index is 2.16. The average molecular weight is 278 g/mol. The second kappa shape index (κ2) is 5.80. The SMILES string of the molecule is O=C(C=Cc1ccc(Cl)c(Cl)c1)c1ccccn1. The molecule has 0 atom stereocenters. The molecule has 0 N–H and O–H groups in total. The molecule has 0 radical (unpaired) electrons. The minimum absolute atomic E-state index is 0.151. The minimum Gasteiger partial charge on any atom is -0.288 e. The number of pyridine rings is 1. The molecule has 0 saturated carbocycles. The summed E-state index contributed by atoms with van der Waals surface area (Å²) in [6.45, 7) is 0. The summed E-state index contributed by atoms with van der Waals surface area (Å²) >= 11 is 11.7. The molecule has 0 spiro atoms. The fourth-order valence-electron chi connectivity index (χ4n) is 1.38. The van der Waals surface area contributed by atoms with Gasteiger partial charge in [0.15, 0.2) is 0 Å². The van der Waals surface area contributed by atoms with E-state index in [2.05, 4.69) is 4.98 Å². The van der Waals surface area contributed by atoms with Gasteiger partial charge < -0.3 is 0 Å². The maximum absolute atomic E-state index is 11.8. The second-order valence-electron chi connectivity index (χ2n) is 3.59. The van der Waals surface area contributed by atoms with Crippen LogP contribution >= 0.6 is 23.2 Å². The molecule has 1 aromatic heterocycles. The van der Waals surface area contributed by atoms with Crippen LogP contribution in [-0.4, -0.2) is 10.8 Å². The maximum atomic E-state index is 11.8. The molecule has 18 heavy (non-hydrogen) atoms. The summed E-state index contributed by atoms with van der Waals surface area (Å²) in [7, 11) is 0. The van der Waals surface area contributed by atoms with E-state index in [-0.39, 0.29) is 5.78 Å². The van der Waals surface area contributed by atoms with Gasteiger partial charge in [0.2, 0.25) is 5.78 Å². The van der Waals surface area contributed by atoms with Crippen LogP contribution < -0.4 is 0 Å². The molecule has 0 aliphatic carbocycles. The van der Waals surface area contributed by atoms with Gasteiger partial charge in [-0.1, -0.05) is 41.4 Å². The summed E-state index contributed by atoms with van der Waals surface area (Å²) in [4.78, 5) is 15.7. The van der Waals surface area contributed by atoms with Crippen LogP contribution in [0.3, 0.4) is 0 Å². The van der Waals surface area contributed by atoms with Crippen LogP contribution in [0.25, 0.3) is 6.08 Å². The largest absolute Gasteiger partial charge is 0.288 e. The average Bonchev–Trinajstić information content (AvgIpc) is 2.41. The fraction of sp³-hybridized carbons (Fsp3) is 0. The zero-order valence-electron chi connectivity index (χ0n) is 9.31. The van der Waals surface area contributed by atoms with Crippen molar-refractivity contribution in [3.05, 3.63) is 70.0 Å². The highest BCUT2D eigenvalue weighted by Crippen LogP contribution is 2.23. The highest BCUT2D eigenvalue weighted by molar-refractivity contribution is 6.42. The molecular formula is C14H9Cl2NO. The van der Waals surface area contributed by atoms with E-state index in [9.17, 15) is 4.79 Å². The van der Waals surface area contributed by atoms with Crippen LogP contribution in [0.1, 0.15) is 16.1 Å². The Kier molecular flexibility index (Phi) is 4.13. The summed E-state index contributed by atoms with van der Waals surface area (Å²) in [5, 5.41) is 0.953. The van der Waals surface area contributed by atoms with Crippen LogP contribution in [-0.2, 0) is 0 Å². The zero-order valence-corrected chi connectivity index (χ0v) is 10.8. The van der Waals surface area contributed by atoms with Crippen LogP contribution in [0.4, 0.5) is 0 Å². The molecule has 90 valence electrons. The number of hydrogen-bond acceptors (Lipinski definition) is 2. The van der Waals surface area contributed by atoms with Gasteiger partial charge in [-0.15, -0.1) is 0 Å². The summed E-state index contributed by atoms with van der Waals surface area (Å²) < 4.78 is 0.